The van der Waals surface area contributed by atoms with Crippen LogP contribution in [0, 0.1) is 5.92 Å². The molecule has 0 bridgehead atoms. The average Bonchev–Trinajstić information content (AvgIpc) is 2.84. The predicted molar refractivity (Wildman–Crippen MR) is 81.9 cm³/mol. The van der Waals surface area contributed by atoms with E-state index in [9.17, 15) is 4.79 Å². The SMILES string of the molecule is CC(C)c1nc(CNC(=O)NC(CCO)C(C)C)cs1. The Bertz CT molecular complexity index is 418. The Kier molecular flexibility index (Phi) is 6.95. The molecular formula is C14H25N3O2S. The van der Waals surface area contributed by atoms with E-state index in [0.717, 1.165) is 10.7 Å². The molecule has 1 aromatic heterocycles. The molecule has 6 heteroatoms. The molecule has 0 saturated heterocycles. The van der Waals surface area contributed by atoms with E-state index in [2.05, 4.69) is 29.5 Å². The molecular weight excluding hydrogens is 274 g/mol. The highest BCUT2D eigenvalue weighted by molar-refractivity contribution is 7.09. The number of aliphatic hydroxyl groups excluding tert-OH is 1. The zero-order valence-electron chi connectivity index (χ0n) is 12.6. The molecule has 1 aromatic rings. The summed E-state index contributed by atoms with van der Waals surface area (Å²) < 4.78 is 0. The Morgan fingerprint density at radius 2 is 2.10 bits per heavy atom. The second kappa shape index (κ2) is 8.21. The van der Waals surface area contributed by atoms with Gasteiger partial charge in [-0.3, -0.25) is 0 Å². The molecule has 0 aliphatic rings. The number of urea groups is 1. The maximum absolute atomic E-state index is 11.8. The van der Waals surface area contributed by atoms with Crippen molar-refractivity contribution in [1.82, 2.24) is 15.6 Å². The van der Waals surface area contributed by atoms with Crippen molar-refractivity contribution in [3.8, 4) is 0 Å². The summed E-state index contributed by atoms with van der Waals surface area (Å²) in [7, 11) is 0. The summed E-state index contributed by atoms with van der Waals surface area (Å²) in [5.74, 6) is 0.706. The second-order valence-corrected chi connectivity index (χ2v) is 6.41. The van der Waals surface area contributed by atoms with Gasteiger partial charge < -0.3 is 15.7 Å². The number of nitrogens with one attached hydrogen (secondary N) is 2. The van der Waals surface area contributed by atoms with E-state index < -0.39 is 0 Å². The number of thiazole rings is 1. The minimum atomic E-state index is -0.212. The summed E-state index contributed by atoms with van der Waals surface area (Å²) in [6, 6.07) is -0.224. The van der Waals surface area contributed by atoms with E-state index in [1.807, 2.05) is 19.2 Å². The molecule has 2 amide bonds. The third-order valence-corrected chi connectivity index (χ3v) is 4.25. The smallest absolute Gasteiger partial charge is 0.315 e. The van der Waals surface area contributed by atoms with Crippen LogP contribution in [0.4, 0.5) is 4.79 Å². The highest BCUT2D eigenvalue weighted by Crippen LogP contribution is 2.18. The van der Waals surface area contributed by atoms with E-state index in [4.69, 9.17) is 5.11 Å². The Hall–Kier alpha value is -1.14. The third-order valence-electron chi connectivity index (χ3n) is 3.05. The first-order chi connectivity index (χ1) is 9.43. The molecule has 1 unspecified atom stereocenters. The molecule has 0 aliphatic carbocycles. The molecule has 114 valence electrons. The lowest BCUT2D eigenvalue weighted by molar-refractivity contribution is 0.218. The van der Waals surface area contributed by atoms with Gasteiger partial charge in [-0.2, -0.15) is 0 Å². The fourth-order valence-corrected chi connectivity index (χ4v) is 2.61. The Labute approximate surface area is 124 Å². The minimum absolute atomic E-state index is 0.0124. The van der Waals surface area contributed by atoms with Gasteiger partial charge in [0.15, 0.2) is 0 Å². The normalized spacial score (nSPS) is 12.8. The maximum Gasteiger partial charge on any atom is 0.315 e. The summed E-state index contributed by atoms with van der Waals surface area (Å²) in [6.45, 7) is 8.76. The molecule has 1 rings (SSSR count). The van der Waals surface area contributed by atoms with Gasteiger partial charge in [0.25, 0.3) is 0 Å². The van der Waals surface area contributed by atoms with Gasteiger partial charge in [0, 0.05) is 23.9 Å². The van der Waals surface area contributed by atoms with Crippen LogP contribution in [-0.4, -0.2) is 28.8 Å². The molecule has 1 atom stereocenters. The average molecular weight is 299 g/mol. The summed E-state index contributed by atoms with van der Waals surface area (Å²) in [5, 5.41) is 17.7. The molecule has 0 aromatic carbocycles. The molecule has 0 aliphatic heterocycles. The van der Waals surface area contributed by atoms with Gasteiger partial charge in [-0.15, -0.1) is 11.3 Å². The monoisotopic (exact) mass is 299 g/mol. The fourth-order valence-electron chi connectivity index (χ4n) is 1.77. The number of amides is 2. The van der Waals surface area contributed by atoms with E-state index in [1.54, 1.807) is 11.3 Å². The lowest BCUT2D eigenvalue weighted by Gasteiger charge is -2.21. The van der Waals surface area contributed by atoms with Gasteiger partial charge in [-0.05, 0) is 12.3 Å². The third kappa shape index (κ3) is 5.46. The number of hydrogen-bond donors (Lipinski definition) is 3. The van der Waals surface area contributed by atoms with Crippen LogP contribution in [-0.2, 0) is 6.54 Å². The van der Waals surface area contributed by atoms with Gasteiger partial charge in [0.05, 0.1) is 17.2 Å². The second-order valence-electron chi connectivity index (χ2n) is 5.52. The Morgan fingerprint density at radius 1 is 1.40 bits per heavy atom. The van der Waals surface area contributed by atoms with Crippen LogP contribution in [0.5, 0.6) is 0 Å². The molecule has 1 heterocycles. The van der Waals surface area contributed by atoms with Crippen LogP contribution in [0.25, 0.3) is 0 Å². The van der Waals surface area contributed by atoms with E-state index in [0.29, 0.717) is 24.8 Å². The summed E-state index contributed by atoms with van der Waals surface area (Å²) in [4.78, 5) is 16.3. The highest BCUT2D eigenvalue weighted by Gasteiger charge is 2.15. The van der Waals surface area contributed by atoms with Crippen molar-refractivity contribution in [2.45, 2.75) is 52.6 Å². The molecule has 0 saturated carbocycles. The zero-order valence-corrected chi connectivity index (χ0v) is 13.5. The summed E-state index contributed by atoms with van der Waals surface area (Å²) in [5.41, 5.74) is 0.886. The molecule has 0 fully saturated rings. The van der Waals surface area contributed by atoms with Gasteiger partial charge in [0.1, 0.15) is 0 Å². The zero-order chi connectivity index (χ0) is 15.1. The summed E-state index contributed by atoms with van der Waals surface area (Å²) in [6.07, 6.45) is 0.569. The van der Waals surface area contributed by atoms with Gasteiger partial charge in [0.2, 0.25) is 0 Å². The first-order valence-corrected chi connectivity index (χ1v) is 7.91. The quantitative estimate of drug-likeness (QED) is 0.724. The predicted octanol–water partition coefficient (Wildman–Crippen LogP) is 2.47. The van der Waals surface area contributed by atoms with Crippen molar-refractivity contribution >= 4 is 17.4 Å². The number of aromatic nitrogens is 1. The lowest BCUT2D eigenvalue weighted by Crippen LogP contribution is -2.44. The molecule has 20 heavy (non-hydrogen) atoms. The standard InChI is InChI=1S/C14H25N3O2S/c1-9(2)12(5-6-18)17-14(19)15-7-11-8-20-13(16-11)10(3)4/h8-10,12,18H,5-7H2,1-4H3,(H2,15,17,19). The first kappa shape index (κ1) is 16.9. The Morgan fingerprint density at radius 3 is 2.60 bits per heavy atom. The van der Waals surface area contributed by atoms with E-state index >= 15 is 0 Å². The minimum Gasteiger partial charge on any atom is -0.396 e. The largest absolute Gasteiger partial charge is 0.396 e. The van der Waals surface area contributed by atoms with Crippen molar-refractivity contribution in [1.29, 1.82) is 0 Å². The van der Waals surface area contributed by atoms with Crippen molar-refractivity contribution in [2.75, 3.05) is 6.61 Å². The number of hydrogen-bond acceptors (Lipinski definition) is 4. The van der Waals surface area contributed by atoms with Crippen LogP contribution in [0.3, 0.4) is 0 Å². The maximum atomic E-state index is 11.8. The first-order valence-electron chi connectivity index (χ1n) is 7.03. The summed E-state index contributed by atoms with van der Waals surface area (Å²) >= 11 is 1.62. The molecule has 0 radical (unpaired) electrons. The van der Waals surface area contributed by atoms with Crippen molar-refractivity contribution < 1.29 is 9.90 Å². The van der Waals surface area contributed by atoms with E-state index in [-0.39, 0.29) is 18.7 Å². The van der Waals surface area contributed by atoms with Crippen LogP contribution >= 0.6 is 11.3 Å². The van der Waals surface area contributed by atoms with Crippen LogP contribution < -0.4 is 10.6 Å². The van der Waals surface area contributed by atoms with Crippen LogP contribution in [0.1, 0.15) is 50.7 Å². The molecule has 3 N–H and O–H groups in total. The van der Waals surface area contributed by atoms with Crippen molar-refractivity contribution in [2.24, 2.45) is 5.92 Å². The number of nitrogens with zero attached hydrogens (tertiary/aromatic N) is 1. The number of aliphatic hydroxyl groups is 1. The van der Waals surface area contributed by atoms with Crippen LogP contribution in [0.2, 0.25) is 0 Å². The van der Waals surface area contributed by atoms with Crippen molar-refractivity contribution in [3.63, 3.8) is 0 Å². The van der Waals surface area contributed by atoms with E-state index in [1.165, 1.54) is 0 Å². The molecule has 0 spiro atoms. The van der Waals surface area contributed by atoms with Gasteiger partial charge in [-0.1, -0.05) is 27.7 Å². The van der Waals surface area contributed by atoms with Crippen LogP contribution in [0.15, 0.2) is 5.38 Å². The lowest BCUT2D eigenvalue weighted by atomic mass is 10.0. The van der Waals surface area contributed by atoms with Gasteiger partial charge >= 0.3 is 6.03 Å². The Balaban J connectivity index is 2.41. The van der Waals surface area contributed by atoms with Gasteiger partial charge in [-0.25, -0.2) is 9.78 Å². The number of rotatable bonds is 7. The fraction of sp³-hybridized carbons (Fsp3) is 0.714. The number of carbonyl (C=O) groups is 1. The highest BCUT2D eigenvalue weighted by atomic mass is 32.1. The number of carbonyl (C=O) groups excluding carboxylic acids is 1. The topological polar surface area (TPSA) is 74.2 Å². The van der Waals surface area contributed by atoms with Crippen molar-refractivity contribution in [3.05, 3.63) is 16.1 Å². The molecule has 5 nitrogen and oxygen atoms in total.